The molecule has 0 saturated carbocycles. The van der Waals surface area contributed by atoms with Crippen LogP contribution in [-0.2, 0) is 0 Å². The summed E-state index contributed by atoms with van der Waals surface area (Å²) >= 11 is 0. The quantitative estimate of drug-likeness (QED) is 0.143. The van der Waals surface area contributed by atoms with Gasteiger partial charge in [-0.3, -0.25) is 0 Å². The van der Waals surface area contributed by atoms with E-state index < -0.39 is 0 Å². The molecule has 0 aliphatic carbocycles. The number of aryl methyl sites for hydroxylation is 8. The highest BCUT2D eigenvalue weighted by atomic mass is 15.1. The first kappa shape index (κ1) is 53.0. The van der Waals surface area contributed by atoms with Crippen LogP contribution in [0.3, 0.4) is 0 Å². The Labute approximate surface area is 501 Å². The number of hydrogen-bond donors (Lipinski definition) is 0. The Hall–Kier alpha value is -11.0. The third-order valence-corrected chi connectivity index (χ3v) is 16.6. The molecule has 14 aromatic rings. The van der Waals surface area contributed by atoms with E-state index in [1.165, 1.54) is 44.5 Å². The largest absolute Gasteiger partial charge is 0.308 e. The van der Waals surface area contributed by atoms with Gasteiger partial charge < -0.3 is 9.13 Å². The van der Waals surface area contributed by atoms with Crippen LogP contribution in [0.25, 0.3) is 134 Å². The molecule has 0 aliphatic rings. The molecule has 0 aliphatic heterocycles. The molecule has 7 nitrogen and oxygen atoms in total. The van der Waals surface area contributed by atoms with E-state index in [0.717, 1.165) is 105 Å². The summed E-state index contributed by atoms with van der Waals surface area (Å²) in [6.45, 7) is 17.2. The Kier molecular flexibility index (Phi) is 13.0. The SMILES string of the molecule is Cc1cc(C)cc(-c2ccc3c4ccc(-c5cc(C)cc(C)c5)cc4n(-c4ccc(C#N)cc4-c4nc(-c5ccccc5)nc(-c5cc(C#N)ccc5-n5c6cc(-c7cc(C)cc(C)c7)ccc6c6ccc(-c7cc(C)cc(C)c7)cc65)n4)c3c2)c1. The molecule has 0 radical (unpaired) electrons. The lowest BCUT2D eigenvalue weighted by molar-refractivity contribution is 1.06. The molecule has 11 aromatic carbocycles. The minimum absolute atomic E-state index is 0.372. The number of nitriles is 2. The van der Waals surface area contributed by atoms with E-state index in [1.54, 1.807) is 0 Å². The normalized spacial score (nSPS) is 11.5. The van der Waals surface area contributed by atoms with Crippen LogP contribution in [0.1, 0.15) is 55.6 Å². The van der Waals surface area contributed by atoms with Gasteiger partial charge in [-0.15, -0.1) is 0 Å². The van der Waals surface area contributed by atoms with E-state index in [1.807, 2.05) is 66.7 Å². The molecular formula is C79H59N7. The Bertz CT molecular complexity index is 4630. The van der Waals surface area contributed by atoms with Crippen LogP contribution >= 0.6 is 0 Å². The number of nitrogens with zero attached hydrogens (tertiary/aromatic N) is 7. The van der Waals surface area contributed by atoms with E-state index in [4.69, 9.17) is 15.0 Å². The van der Waals surface area contributed by atoms with Crippen LogP contribution < -0.4 is 0 Å². The van der Waals surface area contributed by atoms with E-state index in [-0.39, 0.29) is 0 Å². The average molecular weight is 1110 g/mol. The van der Waals surface area contributed by atoms with Crippen LogP contribution in [-0.4, -0.2) is 24.1 Å². The van der Waals surface area contributed by atoms with Crippen molar-refractivity contribution in [2.45, 2.75) is 55.4 Å². The fourth-order valence-electron chi connectivity index (χ4n) is 13.1. The van der Waals surface area contributed by atoms with Gasteiger partial charge in [0.05, 0.1) is 56.7 Å². The fraction of sp³-hybridized carbons (Fsp3) is 0.101. The topological polar surface area (TPSA) is 96.1 Å². The zero-order valence-corrected chi connectivity index (χ0v) is 49.3. The molecule has 0 spiro atoms. The van der Waals surface area contributed by atoms with Crippen molar-refractivity contribution in [1.29, 1.82) is 10.5 Å². The van der Waals surface area contributed by atoms with Crippen molar-refractivity contribution in [3.63, 3.8) is 0 Å². The lowest BCUT2D eigenvalue weighted by atomic mass is 9.98. The van der Waals surface area contributed by atoms with E-state index in [0.29, 0.717) is 39.7 Å². The number of rotatable bonds is 9. The first-order valence-corrected chi connectivity index (χ1v) is 29.1. The summed E-state index contributed by atoms with van der Waals surface area (Å²) in [5, 5.41) is 26.0. The minimum Gasteiger partial charge on any atom is -0.308 e. The second kappa shape index (κ2) is 21.0. The third kappa shape index (κ3) is 9.56. The molecule has 0 fully saturated rings. The maximum absolute atomic E-state index is 10.8. The smallest absolute Gasteiger partial charge is 0.166 e. The summed E-state index contributed by atoms with van der Waals surface area (Å²) in [5.41, 5.74) is 27.0. The maximum atomic E-state index is 10.8. The molecule has 0 N–H and O–H groups in total. The average Bonchev–Trinajstić information content (AvgIpc) is 1.65. The Balaban J connectivity index is 1.06. The van der Waals surface area contributed by atoms with E-state index in [9.17, 15) is 10.5 Å². The monoisotopic (exact) mass is 1110 g/mol. The van der Waals surface area contributed by atoms with Gasteiger partial charge >= 0.3 is 0 Å². The van der Waals surface area contributed by atoms with Gasteiger partial charge in [0, 0.05) is 38.2 Å². The molecule has 7 heteroatoms. The molecule has 410 valence electrons. The van der Waals surface area contributed by atoms with Crippen LogP contribution in [0.4, 0.5) is 0 Å². The first-order chi connectivity index (χ1) is 41.7. The molecule has 3 heterocycles. The number of benzene rings is 11. The van der Waals surface area contributed by atoms with Crippen molar-refractivity contribution in [2.24, 2.45) is 0 Å². The van der Waals surface area contributed by atoms with Gasteiger partial charge in [-0.1, -0.05) is 196 Å². The van der Waals surface area contributed by atoms with Gasteiger partial charge in [-0.25, -0.2) is 15.0 Å². The van der Waals surface area contributed by atoms with Crippen molar-refractivity contribution in [1.82, 2.24) is 24.1 Å². The molecule has 0 amide bonds. The molecule has 14 rings (SSSR count). The molecular weight excluding hydrogens is 1050 g/mol. The standard InChI is InChI=1S/C79H59N7/c1-46-26-47(2)31-61(30-46)57-16-20-65-66-21-17-58(62-32-48(3)27-49(4)33-62)41-74(66)85(73(65)40-57)71-24-14-54(44-80)38-69(71)78-82-77(56-12-10-9-11-13-56)83-79(84-78)70-39-55(45-81)15-25-72(70)86-75-42-59(63-34-50(5)28-51(6)35-63)18-22-67(75)68-23-19-60(43-76(68)86)64-36-52(7)29-53(8)37-64/h9-43H,1-8H3. The molecule has 3 aromatic heterocycles. The Morgan fingerprint density at radius 3 is 0.849 bits per heavy atom. The Morgan fingerprint density at radius 2 is 0.558 bits per heavy atom. The molecule has 0 saturated heterocycles. The summed E-state index contributed by atoms with van der Waals surface area (Å²) in [7, 11) is 0. The van der Waals surface area contributed by atoms with Crippen molar-refractivity contribution >= 4 is 43.6 Å². The summed E-state index contributed by atoms with van der Waals surface area (Å²) in [6, 6.07) is 80.3. The molecule has 86 heavy (non-hydrogen) atoms. The summed E-state index contributed by atoms with van der Waals surface area (Å²) < 4.78 is 4.65. The van der Waals surface area contributed by atoms with Crippen LogP contribution in [0.2, 0.25) is 0 Å². The van der Waals surface area contributed by atoms with Gasteiger partial charge in [0.25, 0.3) is 0 Å². The van der Waals surface area contributed by atoms with Crippen LogP contribution in [0, 0.1) is 78.1 Å². The highest BCUT2D eigenvalue weighted by Crippen LogP contribution is 2.43. The zero-order chi connectivity index (χ0) is 59.1. The van der Waals surface area contributed by atoms with Crippen molar-refractivity contribution < 1.29 is 0 Å². The van der Waals surface area contributed by atoms with E-state index in [2.05, 4.69) is 222 Å². The van der Waals surface area contributed by atoms with E-state index >= 15 is 0 Å². The lowest BCUT2D eigenvalue weighted by Crippen LogP contribution is -2.06. The third-order valence-electron chi connectivity index (χ3n) is 16.6. The zero-order valence-electron chi connectivity index (χ0n) is 49.3. The van der Waals surface area contributed by atoms with Crippen LogP contribution in [0.15, 0.2) is 212 Å². The van der Waals surface area contributed by atoms with Gasteiger partial charge in [-0.05, 0) is 161 Å². The van der Waals surface area contributed by atoms with Crippen LogP contribution in [0.5, 0.6) is 0 Å². The van der Waals surface area contributed by atoms with Crippen molar-refractivity contribution in [3.8, 4) is 102 Å². The lowest BCUT2D eigenvalue weighted by Gasteiger charge is -2.17. The Morgan fingerprint density at radius 1 is 0.267 bits per heavy atom. The predicted molar refractivity (Wildman–Crippen MR) is 354 cm³/mol. The number of fused-ring (bicyclic) bond motifs is 6. The second-order valence-electron chi connectivity index (χ2n) is 23.5. The minimum atomic E-state index is 0.372. The fourth-order valence-corrected chi connectivity index (χ4v) is 13.1. The molecule has 0 atom stereocenters. The number of aromatic nitrogens is 5. The van der Waals surface area contributed by atoms with Gasteiger partial charge in [0.15, 0.2) is 17.5 Å². The highest BCUT2D eigenvalue weighted by molar-refractivity contribution is 6.13. The molecule has 0 unspecified atom stereocenters. The molecule has 0 bridgehead atoms. The first-order valence-electron chi connectivity index (χ1n) is 29.1. The maximum Gasteiger partial charge on any atom is 0.166 e. The second-order valence-corrected chi connectivity index (χ2v) is 23.5. The van der Waals surface area contributed by atoms with Crippen molar-refractivity contribution in [3.05, 3.63) is 268 Å². The number of hydrogen-bond acceptors (Lipinski definition) is 5. The van der Waals surface area contributed by atoms with Gasteiger partial charge in [0.2, 0.25) is 0 Å². The van der Waals surface area contributed by atoms with Crippen molar-refractivity contribution in [2.75, 3.05) is 0 Å². The predicted octanol–water partition coefficient (Wildman–Crippen LogP) is 19.9. The summed E-state index contributed by atoms with van der Waals surface area (Å²) in [4.78, 5) is 16.4. The highest BCUT2D eigenvalue weighted by Gasteiger charge is 2.25. The van der Waals surface area contributed by atoms with Gasteiger partial charge in [-0.2, -0.15) is 10.5 Å². The summed E-state index contributed by atoms with van der Waals surface area (Å²) in [5.74, 6) is 1.19. The van der Waals surface area contributed by atoms with Gasteiger partial charge in [0.1, 0.15) is 0 Å². The summed E-state index contributed by atoms with van der Waals surface area (Å²) in [6.07, 6.45) is 0.